The normalized spacial score (nSPS) is 14.2. The minimum Gasteiger partial charge on any atom is -0.389 e. The van der Waals surface area contributed by atoms with Crippen LogP contribution in [-0.4, -0.2) is 11.2 Å². The van der Waals surface area contributed by atoms with Gasteiger partial charge in [-0.3, -0.25) is 0 Å². The third-order valence-electron chi connectivity index (χ3n) is 2.17. The fourth-order valence-corrected chi connectivity index (χ4v) is 1.66. The van der Waals surface area contributed by atoms with Gasteiger partial charge >= 0.3 is 0 Å². The highest BCUT2D eigenvalue weighted by molar-refractivity contribution is 5.65. The highest BCUT2D eigenvalue weighted by Crippen LogP contribution is 2.17. The summed E-state index contributed by atoms with van der Waals surface area (Å²) >= 11 is 0. The highest BCUT2D eigenvalue weighted by Gasteiger charge is 1.99. The molecule has 0 aliphatic rings. The summed E-state index contributed by atoms with van der Waals surface area (Å²) in [6.07, 6.45) is 1.49. The standard InChI is InChI=1S/C13H18O/c1-9-5-10(2)7-13(6-9)11(3)8-12(4)14/h5-8,12,14H,1-4H3/b11-8-. The molecule has 14 heavy (non-hydrogen) atoms. The molecule has 76 valence electrons. The summed E-state index contributed by atoms with van der Waals surface area (Å²) in [6, 6.07) is 6.43. The molecule has 0 heterocycles. The van der Waals surface area contributed by atoms with Crippen molar-refractivity contribution in [1.82, 2.24) is 0 Å². The van der Waals surface area contributed by atoms with Crippen LogP contribution in [0.2, 0.25) is 0 Å². The average Bonchev–Trinajstić information content (AvgIpc) is 2.00. The van der Waals surface area contributed by atoms with E-state index in [0.29, 0.717) is 0 Å². The zero-order valence-corrected chi connectivity index (χ0v) is 9.33. The second kappa shape index (κ2) is 4.43. The van der Waals surface area contributed by atoms with Crippen LogP contribution < -0.4 is 0 Å². The van der Waals surface area contributed by atoms with Crippen LogP contribution in [0.1, 0.15) is 30.5 Å². The number of benzene rings is 1. The lowest BCUT2D eigenvalue weighted by Crippen LogP contribution is -1.95. The number of rotatable bonds is 2. The molecule has 1 unspecified atom stereocenters. The Morgan fingerprint density at radius 3 is 2.14 bits per heavy atom. The van der Waals surface area contributed by atoms with E-state index < -0.39 is 0 Å². The lowest BCUT2D eigenvalue weighted by Gasteiger charge is -2.06. The van der Waals surface area contributed by atoms with E-state index >= 15 is 0 Å². The van der Waals surface area contributed by atoms with E-state index in [1.165, 1.54) is 16.7 Å². The fraction of sp³-hybridized carbons (Fsp3) is 0.385. The number of hydrogen-bond donors (Lipinski definition) is 1. The summed E-state index contributed by atoms with van der Waals surface area (Å²) in [7, 11) is 0. The summed E-state index contributed by atoms with van der Waals surface area (Å²) < 4.78 is 0. The number of aliphatic hydroxyl groups excluding tert-OH is 1. The number of aliphatic hydroxyl groups is 1. The third kappa shape index (κ3) is 3.00. The van der Waals surface area contributed by atoms with Gasteiger partial charge in [0.2, 0.25) is 0 Å². The monoisotopic (exact) mass is 190 g/mol. The average molecular weight is 190 g/mol. The van der Waals surface area contributed by atoms with Gasteiger partial charge in [0, 0.05) is 0 Å². The molecule has 1 rings (SSSR count). The third-order valence-corrected chi connectivity index (χ3v) is 2.17. The van der Waals surface area contributed by atoms with E-state index in [1.54, 1.807) is 6.92 Å². The topological polar surface area (TPSA) is 20.2 Å². The van der Waals surface area contributed by atoms with E-state index in [4.69, 9.17) is 0 Å². The van der Waals surface area contributed by atoms with Gasteiger partial charge < -0.3 is 5.11 Å². The largest absolute Gasteiger partial charge is 0.389 e. The SMILES string of the molecule is C/C(=C/C(C)O)c1cc(C)cc(C)c1. The van der Waals surface area contributed by atoms with Gasteiger partial charge in [-0.25, -0.2) is 0 Å². The summed E-state index contributed by atoms with van der Waals surface area (Å²) in [5, 5.41) is 9.25. The lowest BCUT2D eigenvalue weighted by molar-refractivity contribution is 0.244. The van der Waals surface area contributed by atoms with E-state index in [0.717, 1.165) is 5.57 Å². The summed E-state index contributed by atoms with van der Waals surface area (Å²) in [6.45, 7) is 7.98. The first-order valence-corrected chi connectivity index (χ1v) is 4.94. The maximum Gasteiger partial charge on any atom is 0.0698 e. The molecule has 1 N–H and O–H groups in total. The molecule has 0 saturated heterocycles. The van der Waals surface area contributed by atoms with Crippen molar-refractivity contribution < 1.29 is 5.11 Å². The number of allylic oxidation sites excluding steroid dienone is 1. The molecule has 1 aromatic carbocycles. The van der Waals surface area contributed by atoms with Gasteiger partial charge in [-0.05, 0) is 38.8 Å². The maximum absolute atomic E-state index is 9.25. The fourth-order valence-electron chi connectivity index (χ4n) is 1.66. The van der Waals surface area contributed by atoms with Gasteiger partial charge in [0.05, 0.1) is 6.10 Å². The first kappa shape index (κ1) is 11.0. The first-order valence-electron chi connectivity index (χ1n) is 4.94. The van der Waals surface area contributed by atoms with Crippen LogP contribution in [-0.2, 0) is 0 Å². The molecule has 1 nitrogen and oxygen atoms in total. The van der Waals surface area contributed by atoms with Crippen molar-refractivity contribution in [2.24, 2.45) is 0 Å². The van der Waals surface area contributed by atoms with Gasteiger partial charge in [-0.1, -0.05) is 35.4 Å². The molecule has 0 saturated carbocycles. The second-order valence-electron chi connectivity index (χ2n) is 3.97. The Morgan fingerprint density at radius 1 is 1.21 bits per heavy atom. The van der Waals surface area contributed by atoms with Crippen molar-refractivity contribution in [2.75, 3.05) is 0 Å². The molecular weight excluding hydrogens is 172 g/mol. The molecule has 0 bridgehead atoms. The molecule has 0 spiro atoms. The van der Waals surface area contributed by atoms with Crippen molar-refractivity contribution in [3.8, 4) is 0 Å². The van der Waals surface area contributed by atoms with Crippen LogP contribution in [0.3, 0.4) is 0 Å². The van der Waals surface area contributed by atoms with E-state index in [2.05, 4.69) is 32.0 Å². The van der Waals surface area contributed by atoms with Crippen molar-refractivity contribution in [1.29, 1.82) is 0 Å². The molecule has 0 aliphatic carbocycles. The van der Waals surface area contributed by atoms with Gasteiger partial charge in [0.15, 0.2) is 0 Å². The van der Waals surface area contributed by atoms with Crippen LogP contribution in [0, 0.1) is 13.8 Å². The molecule has 1 aromatic rings. The van der Waals surface area contributed by atoms with E-state index in [9.17, 15) is 5.11 Å². The summed E-state index contributed by atoms with van der Waals surface area (Å²) in [5.74, 6) is 0. The van der Waals surface area contributed by atoms with Crippen LogP contribution in [0.25, 0.3) is 5.57 Å². The Hall–Kier alpha value is -1.08. The molecule has 0 aromatic heterocycles. The van der Waals surface area contributed by atoms with Crippen LogP contribution in [0.4, 0.5) is 0 Å². The molecule has 0 fully saturated rings. The lowest BCUT2D eigenvalue weighted by atomic mass is 10.0. The first-order chi connectivity index (χ1) is 6.49. The Labute approximate surface area is 86.1 Å². The number of aryl methyl sites for hydroxylation is 2. The van der Waals surface area contributed by atoms with Crippen LogP contribution >= 0.6 is 0 Å². The highest BCUT2D eigenvalue weighted by atomic mass is 16.3. The summed E-state index contributed by atoms with van der Waals surface area (Å²) in [4.78, 5) is 0. The minimum absolute atomic E-state index is 0.379. The Balaban J connectivity index is 3.07. The van der Waals surface area contributed by atoms with Crippen molar-refractivity contribution >= 4 is 5.57 Å². The molecule has 0 amide bonds. The molecule has 0 aliphatic heterocycles. The molecule has 1 atom stereocenters. The second-order valence-corrected chi connectivity index (χ2v) is 3.97. The van der Waals surface area contributed by atoms with Gasteiger partial charge in [0.25, 0.3) is 0 Å². The molecular formula is C13H18O. The smallest absolute Gasteiger partial charge is 0.0698 e. The summed E-state index contributed by atoms with van der Waals surface area (Å²) in [5.41, 5.74) is 4.85. The van der Waals surface area contributed by atoms with Crippen molar-refractivity contribution in [2.45, 2.75) is 33.8 Å². The Bertz CT molecular complexity index is 328. The zero-order chi connectivity index (χ0) is 10.7. The van der Waals surface area contributed by atoms with Crippen LogP contribution in [0.5, 0.6) is 0 Å². The predicted molar refractivity (Wildman–Crippen MR) is 61.2 cm³/mol. The predicted octanol–water partition coefficient (Wildman–Crippen LogP) is 3.09. The zero-order valence-electron chi connectivity index (χ0n) is 9.33. The quantitative estimate of drug-likeness (QED) is 0.759. The van der Waals surface area contributed by atoms with Crippen molar-refractivity contribution in [3.63, 3.8) is 0 Å². The van der Waals surface area contributed by atoms with E-state index in [1.807, 2.05) is 13.0 Å². The minimum atomic E-state index is -0.379. The van der Waals surface area contributed by atoms with Crippen molar-refractivity contribution in [3.05, 3.63) is 41.0 Å². The van der Waals surface area contributed by atoms with Gasteiger partial charge in [0.1, 0.15) is 0 Å². The van der Waals surface area contributed by atoms with Gasteiger partial charge in [-0.2, -0.15) is 0 Å². The van der Waals surface area contributed by atoms with E-state index in [-0.39, 0.29) is 6.10 Å². The Kier molecular flexibility index (Phi) is 3.48. The molecule has 1 heteroatoms. The van der Waals surface area contributed by atoms with Crippen LogP contribution in [0.15, 0.2) is 24.3 Å². The Morgan fingerprint density at radius 2 is 1.71 bits per heavy atom. The number of hydrogen-bond acceptors (Lipinski definition) is 1. The van der Waals surface area contributed by atoms with Gasteiger partial charge in [-0.15, -0.1) is 0 Å². The molecule has 0 radical (unpaired) electrons. The maximum atomic E-state index is 9.25.